The van der Waals surface area contributed by atoms with Crippen molar-refractivity contribution in [3.8, 4) is 5.75 Å². The second-order valence-corrected chi connectivity index (χ2v) is 8.70. The lowest BCUT2D eigenvalue weighted by atomic mass is 10.0. The van der Waals surface area contributed by atoms with Crippen LogP contribution in [0.1, 0.15) is 133 Å². The van der Waals surface area contributed by atoms with Crippen LogP contribution < -0.4 is 0 Å². The Morgan fingerprint density at radius 3 is 1.57 bits per heavy atom. The fourth-order valence-corrected chi connectivity index (χ4v) is 3.88. The van der Waals surface area contributed by atoms with Gasteiger partial charge in [0.15, 0.2) is 0 Å². The van der Waals surface area contributed by atoms with Crippen LogP contribution in [0, 0.1) is 0 Å². The fraction of sp³-hybridized carbons (Fsp3) is 0.741. The first kappa shape index (κ1) is 26.5. The molecule has 0 saturated carbocycles. The van der Waals surface area contributed by atoms with E-state index in [2.05, 4.69) is 6.92 Å². The average molecular weight is 419 g/mol. The number of carbonyl (C=O) groups excluding carboxylic acids is 1. The number of benzene rings is 1. The summed E-state index contributed by atoms with van der Waals surface area (Å²) in [5.41, 5.74) is 0.414. The molecule has 1 N–H and O–H groups in total. The van der Waals surface area contributed by atoms with Crippen LogP contribution in [0.5, 0.6) is 5.75 Å². The van der Waals surface area contributed by atoms with E-state index in [0.29, 0.717) is 12.2 Å². The quantitative estimate of drug-likeness (QED) is 0.170. The Balaban J connectivity index is 1.76. The predicted molar refractivity (Wildman–Crippen MR) is 127 cm³/mol. The van der Waals surface area contributed by atoms with Crippen molar-refractivity contribution in [2.75, 3.05) is 6.61 Å². The van der Waals surface area contributed by atoms with Gasteiger partial charge in [0.25, 0.3) is 0 Å². The van der Waals surface area contributed by atoms with E-state index in [1.807, 2.05) is 0 Å². The maximum atomic E-state index is 11.8. The van der Waals surface area contributed by atoms with Crippen molar-refractivity contribution in [3.05, 3.63) is 29.8 Å². The fourth-order valence-electron chi connectivity index (χ4n) is 3.88. The van der Waals surface area contributed by atoms with Gasteiger partial charge in [-0.05, 0) is 24.6 Å². The molecule has 1 rings (SSSR count). The molecule has 0 saturated heterocycles. The van der Waals surface area contributed by atoms with Crippen molar-refractivity contribution in [1.82, 2.24) is 0 Å². The van der Waals surface area contributed by atoms with Crippen LogP contribution in [0.4, 0.5) is 0 Å². The van der Waals surface area contributed by atoms with Crippen molar-refractivity contribution in [2.24, 2.45) is 0 Å². The zero-order valence-corrected chi connectivity index (χ0v) is 19.5. The normalized spacial score (nSPS) is 11.0. The molecule has 0 atom stereocenters. The topological polar surface area (TPSA) is 46.5 Å². The Kier molecular flexibility index (Phi) is 17.2. The molecular formula is C27H46O3. The van der Waals surface area contributed by atoms with E-state index >= 15 is 0 Å². The van der Waals surface area contributed by atoms with Gasteiger partial charge in [-0.3, -0.25) is 0 Å². The molecule has 0 aliphatic rings. The summed E-state index contributed by atoms with van der Waals surface area (Å²) < 4.78 is 5.26. The molecule has 1 aromatic rings. The Hall–Kier alpha value is -1.51. The van der Waals surface area contributed by atoms with Gasteiger partial charge in [-0.2, -0.15) is 0 Å². The van der Waals surface area contributed by atoms with Gasteiger partial charge in [-0.15, -0.1) is 0 Å². The lowest BCUT2D eigenvalue weighted by molar-refractivity contribution is 0.0497. The van der Waals surface area contributed by atoms with Crippen LogP contribution >= 0.6 is 0 Å². The summed E-state index contributed by atoms with van der Waals surface area (Å²) in [6, 6.07) is 6.31. The van der Waals surface area contributed by atoms with Crippen molar-refractivity contribution in [1.29, 1.82) is 0 Å². The molecule has 0 amide bonds. The molecule has 0 fully saturated rings. The average Bonchev–Trinajstić information content (AvgIpc) is 2.75. The second kappa shape index (κ2) is 19.5. The van der Waals surface area contributed by atoms with Gasteiger partial charge in [0.1, 0.15) is 5.75 Å². The number of esters is 1. The van der Waals surface area contributed by atoms with Gasteiger partial charge < -0.3 is 9.84 Å². The van der Waals surface area contributed by atoms with E-state index in [9.17, 15) is 9.90 Å². The Labute approximate surface area is 185 Å². The smallest absolute Gasteiger partial charge is 0.338 e. The molecule has 0 heterocycles. The summed E-state index contributed by atoms with van der Waals surface area (Å²) in [4.78, 5) is 11.8. The minimum Gasteiger partial charge on any atom is -0.508 e. The monoisotopic (exact) mass is 418 g/mol. The van der Waals surface area contributed by atoms with Gasteiger partial charge in [-0.25, -0.2) is 4.79 Å². The highest BCUT2D eigenvalue weighted by molar-refractivity contribution is 5.89. The molecule has 0 aliphatic carbocycles. The first-order valence-electron chi connectivity index (χ1n) is 12.7. The lowest BCUT2D eigenvalue weighted by Gasteiger charge is -2.06. The van der Waals surface area contributed by atoms with Gasteiger partial charge in [0.05, 0.1) is 12.2 Å². The van der Waals surface area contributed by atoms with Gasteiger partial charge in [-0.1, -0.05) is 122 Å². The number of phenolic OH excluding ortho intramolecular Hbond substituents is 1. The van der Waals surface area contributed by atoms with Crippen molar-refractivity contribution < 1.29 is 14.6 Å². The number of ether oxygens (including phenoxy) is 1. The van der Waals surface area contributed by atoms with Crippen LogP contribution in [0.3, 0.4) is 0 Å². The highest BCUT2D eigenvalue weighted by Crippen LogP contribution is 2.15. The summed E-state index contributed by atoms with van der Waals surface area (Å²) in [6.07, 6.45) is 24.3. The maximum Gasteiger partial charge on any atom is 0.338 e. The molecule has 0 bridgehead atoms. The maximum absolute atomic E-state index is 11.8. The molecule has 172 valence electrons. The standard InChI is InChI=1S/C27H46O3/c1-2-3-4-5-6-7-8-9-10-11-12-13-14-15-16-17-18-19-23-30-27(29)25-21-20-22-26(28)24-25/h20-22,24,28H,2-19,23H2,1H3. The summed E-state index contributed by atoms with van der Waals surface area (Å²) >= 11 is 0. The number of carbonyl (C=O) groups is 1. The molecule has 3 heteroatoms. The molecule has 3 nitrogen and oxygen atoms in total. The lowest BCUT2D eigenvalue weighted by Crippen LogP contribution is -2.06. The number of hydrogen-bond donors (Lipinski definition) is 1. The van der Waals surface area contributed by atoms with E-state index in [4.69, 9.17) is 4.74 Å². The van der Waals surface area contributed by atoms with Crippen molar-refractivity contribution in [2.45, 2.75) is 122 Å². The molecule has 0 aromatic heterocycles. The SMILES string of the molecule is CCCCCCCCCCCCCCCCCCCCOC(=O)c1cccc(O)c1. The molecular weight excluding hydrogens is 372 g/mol. The first-order chi connectivity index (χ1) is 14.7. The molecule has 0 spiro atoms. The van der Waals surface area contributed by atoms with Crippen LogP contribution in [0.25, 0.3) is 0 Å². The molecule has 1 aromatic carbocycles. The number of unbranched alkanes of at least 4 members (excludes halogenated alkanes) is 17. The van der Waals surface area contributed by atoms with Crippen LogP contribution in [0.15, 0.2) is 24.3 Å². The summed E-state index contributed by atoms with van der Waals surface area (Å²) in [5, 5.41) is 9.39. The summed E-state index contributed by atoms with van der Waals surface area (Å²) in [6.45, 7) is 2.75. The van der Waals surface area contributed by atoms with E-state index in [1.54, 1.807) is 18.2 Å². The summed E-state index contributed by atoms with van der Waals surface area (Å²) in [7, 11) is 0. The summed E-state index contributed by atoms with van der Waals surface area (Å²) in [5.74, 6) is -0.254. The minimum atomic E-state index is -0.349. The third-order valence-electron chi connectivity index (χ3n) is 5.81. The minimum absolute atomic E-state index is 0.0950. The molecule has 0 radical (unpaired) electrons. The zero-order chi connectivity index (χ0) is 21.7. The zero-order valence-electron chi connectivity index (χ0n) is 19.5. The number of aromatic hydroxyl groups is 1. The largest absolute Gasteiger partial charge is 0.508 e. The Bertz CT molecular complexity index is 527. The van der Waals surface area contributed by atoms with Gasteiger partial charge >= 0.3 is 5.97 Å². The Morgan fingerprint density at radius 2 is 1.13 bits per heavy atom. The number of hydrogen-bond acceptors (Lipinski definition) is 3. The van der Waals surface area contributed by atoms with Crippen molar-refractivity contribution >= 4 is 5.97 Å². The second-order valence-electron chi connectivity index (χ2n) is 8.70. The van der Waals surface area contributed by atoms with Crippen LogP contribution in [-0.2, 0) is 4.74 Å². The van der Waals surface area contributed by atoms with E-state index in [0.717, 1.165) is 12.8 Å². The highest BCUT2D eigenvalue weighted by atomic mass is 16.5. The molecule has 0 aliphatic heterocycles. The third-order valence-corrected chi connectivity index (χ3v) is 5.81. The first-order valence-corrected chi connectivity index (χ1v) is 12.7. The van der Waals surface area contributed by atoms with E-state index < -0.39 is 0 Å². The third kappa shape index (κ3) is 15.3. The van der Waals surface area contributed by atoms with Crippen LogP contribution in [-0.4, -0.2) is 17.7 Å². The van der Waals surface area contributed by atoms with Crippen molar-refractivity contribution in [3.63, 3.8) is 0 Å². The highest BCUT2D eigenvalue weighted by Gasteiger charge is 2.07. The van der Waals surface area contributed by atoms with E-state index in [1.165, 1.54) is 109 Å². The number of rotatable bonds is 20. The van der Waals surface area contributed by atoms with Gasteiger partial charge in [0.2, 0.25) is 0 Å². The van der Waals surface area contributed by atoms with Crippen LogP contribution in [0.2, 0.25) is 0 Å². The van der Waals surface area contributed by atoms with Gasteiger partial charge in [0, 0.05) is 0 Å². The molecule has 30 heavy (non-hydrogen) atoms. The predicted octanol–water partition coefficient (Wildman–Crippen LogP) is 8.59. The molecule has 0 unspecified atom stereocenters. The Morgan fingerprint density at radius 1 is 0.700 bits per heavy atom. The van der Waals surface area contributed by atoms with E-state index in [-0.39, 0.29) is 11.7 Å². The number of phenols is 1.